The second kappa shape index (κ2) is 11.8. The topological polar surface area (TPSA) is 125 Å². The van der Waals surface area contributed by atoms with Crippen molar-refractivity contribution in [1.29, 1.82) is 5.26 Å². The number of nitrogens with one attached hydrogen (secondary N) is 2. The van der Waals surface area contributed by atoms with E-state index in [1.54, 1.807) is 0 Å². The molecule has 0 aliphatic rings. The number of hydrogen-bond acceptors (Lipinski definition) is 6. The zero-order chi connectivity index (χ0) is 22.7. The molecule has 0 heterocycles. The van der Waals surface area contributed by atoms with Gasteiger partial charge in [-0.05, 0) is 36.2 Å². The molecule has 0 fully saturated rings. The van der Waals surface area contributed by atoms with Crippen molar-refractivity contribution in [3.8, 4) is 6.07 Å². The van der Waals surface area contributed by atoms with Gasteiger partial charge in [-0.15, -0.1) is 0 Å². The summed E-state index contributed by atoms with van der Waals surface area (Å²) in [5.41, 5.74) is 1.10. The first kappa shape index (κ1) is 24.1. The zero-order valence-electron chi connectivity index (χ0n) is 17.2. The minimum Gasteiger partial charge on any atom is -0.452 e. The molecule has 1 atom stereocenters. The summed E-state index contributed by atoms with van der Waals surface area (Å²) in [5, 5.41) is 11.4. The number of nitriles is 1. The van der Waals surface area contributed by atoms with Crippen LogP contribution in [0.5, 0.6) is 0 Å². The Hall–Kier alpha value is -3.22. The Morgan fingerprint density at radius 3 is 2.39 bits per heavy atom. The lowest BCUT2D eigenvalue weighted by atomic mass is 10.0. The van der Waals surface area contributed by atoms with Gasteiger partial charge in [0.2, 0.25) is 10.0 Å². The third kappa shape index (κ3) is 7.51. The molecule has 0 radical (unpaired) electrons. The Morgan fingerprint density at radius 1 is 1.10 bits per heavy atom. The van der Waals surface area contributed by atoms with Gasteiger partial charge in [0.25, 0.3) is 5.91 Å². The van der Waals surface area contributed by atoms with Gasteiger partial charge in [-0.2, -0.15) is 5.26 Å². The number of nitrogens with zero attached hydrogens (tertiary/aromatic N) is 1. The van der Waals surface area contributed by atoms with Crippen LogP contribution >= 0.6 is 0 Å². The van der Waals surface area contributed by atoms with Gasteiger partial charge in [-0.1, -0.05) is 43.7 Å². The highest BCUT2D eigenvalue weighted by atomic mass is 32.2. The van der Waals surface area contributed by atoms with Crippen LogP contribution in [0.2, 0.25) is 0 Å². The van der Waals surface area contributed by atoms with Crippen molar-refractivity contribution in [3.63, 3.8) is 0 Å². The molecule has 9 heteroatoms. The van der Waals surface area contributed by atoms with Gasteiger partial charge < -0.3 is 10.1 Å². The van der Waals surface area contributed by atoms with Crippen LogP contribution in [0.1, 0.15) is 48.1 Å². The molecule has 8 nitrogen and oxygen atoms in total. The molecule has 0 bridgehead atoms. The highest BCUT2D eigenvalue weighted by Crippen LogP contribution is 2.18. The smallest absolute Gasteiger partial charge is 0.338 e. The van der Waals surface area contributed by atoms with Crippen LogP contribution in [-0.4, -0.2) is 33.4 Å². The first-order valence-electron chi connectivity index (χ1n) is 9.85. The summed E-state index contributed by atoms with van der Waals surface area (Å²) in [4.78, 5) is 24.4. The SMILES string of the molecule is CCCC(NC(=O)COC(=O)c1ccc(S(=O)(=O)NCCC#N)cc1)c1ccccc1. The second-order valence-corrected chi connectivity index (χ2v) is 8.49. The standard InChI is InChI=1S/C22H25N3O5S/c1-2-7-20(17-8-4-3-5-9-17)25-21(26)16-30-22(27)18-10-12-19(13-11-18)31(28,29)24-15-6-14-23/h3-5,8-13,20,24H,2,6-7,15-16H2,1H3,(H,25,26). The van der Waals surface area contributed by atoms with E-state index in [2.05, 4.69) is 10.0 Å². The van der Waals surface area contributed by atoms with Crippen molar-refractivity contribution in [1.82, 2.24) is 10.0 Å². The fraction of sp³-hybridized carbons (Fsp3) is 0.318. The van der Waals surface area contributed by atoms with Gasteiger partial charge in [0.1, 0.15) is 0 Å². The lowest BCUT2D eigenvalue weighted by molar-refractivity contribution is -0.125. The van der Waals surface area contributed by atoms with E-state index in [-0.39, 0.29) is 29.5 Å². The molecule has 2 aromatic rings. The average Bonchev–Trinajstić information content (AvgIpc) is 2.78. The van der Waals surface area contributed by atoms with E-state index in [1.807, 2.05) is 43.3 Å². The largest absolute Gasteiger partial charge is 0.452 e. The molecule has 0 aliphatic heterocycles. The Kier molecular flexibility index (Phi) is 9.18. The minimum atomic E-state index is -3.76. The molecule has 1 amide bonds. The number of amides is 1. The van der Waals surface area contributed by atoms with Crippen LogP contribution in [0.3, 0.4) is 0 Å². The number of rotatable bonds is 11. The second-order valence-electron chi connectivity index (χ2n) is 6.73. The van der Waals surface area contributed by atoms with Crippen molar-refractivity contribution < 1.29 is 22.7 Å². The lowest BCUT2D eigenvalue weighted by Gasteiger charge is -2.18. The van der Waals surface area contributed by atoms with E-state index < -0.39 is 28.5 Å². The number of carbonyl (C=O) groups excluding carboxylic acids is 2. The predicted octanol–water partition coefficient (Wildman–Crippen LogP) is 2.69. The predicted molar refractivity (Wildman–Crippen MR) is 114 cm³/mol. The summed E-state index contributed by atoms with van der Waals surface area (Å²) in [6, 6.07) is 16.4. The molecule has 2 N–H and O–H groups in total. The molecule has 2 aromatic carbocycles. The zero-order valence-corrected chi connectivity index (χ0v) is 18.0. The molecule has 0 spiro atoms. The van der Waals surface area contributed by atoms with Crippen molar-refractivity contribution in [2.75, 3.05) is 13.2 Å². The van der Waals surface area contributed by atoms with Crippen LogP contribution < -0.4 is 10.0 Å². The summed E-state index contributed by atoms with van der Waals surface area (Å²) in [7, 11) is -3.76. The number of esters is 1. The molecule has 0 aliphatic carbocycles. The summed E-state index contributed by atoms with van der Waals surface area (Å²) in [6.07, 6.45) is 1.68. The van der Waals surface area contributed by atoms with Crippen molar-refractivity contribution in [3.05, 3.63) is 65.7 Å². The third-order valence-corrected chi connectivity index (χ3v) is 5.86. The van der Waals surface area contributed by atoms with E-state index in [0.717, 1.165) is 18.4 Å². The summed E-state index contributed by atoms with van der Waals surface area (Å²) in [5.74, 6) is -1.15. The van der Waals surface area contributed by atoms with Crippen LogP contribution in [0, 0.1) is 11.3 Å². The van der Waals surface area contributed by atoms with E-state index in [0.29, 0.717) is 0 Å². The van der Waals surface area contributed by atoms with Crippen LogP contribution in [0.15, 0.2) is 59.5 Å². The maximum atomic E-state index is 12.2. The summed E-state index contributed by atoms with van der Waals surface area (Å²) < 4.78 is 31.5. The number of sulfonamides is 1. The average molecular weight is 444 g/mol. The first-order chi connectivity index (χ1) is 14.9. The number of ether oxygens (including phenoxy) is 1. The summed E-state index contributed by atoms with van der Waals surface area (Å²) in [6.45, 7) is 1.58. The van der Waals surface area contributed by atoms with Gasteiger partial charge >= 0.3 is 5.97 Å². The normalized spacial score (nSPS) is 11.9. The van der Waals surface area contributed by atoms with Crippen molar-refractivity contribution in [2.45, 2.75) is 37.1 Å². The Labute approximate surface area is 182 Å². The highest BCUT2D eigenvalue weighted by molar-refractivity contribution is 7.89. The fourth-order valence-electron chi connectivity index (χ4n) is 2.84. The number of hydrogen-bond donors (Lipinski definition) is 2. The highest BCUT2D eigenvalue weighted by Gasteiger charge is 2.17. The van der Waals surface area contributed by atoms with Gasteiger partial charge in [0.15, 0.2) is 6.61 Å². The molecule has 31 heavy (non-hydrogen) atoms. The number of carbonyl (C=O) groups is 2. The molecule has 0 aromatic heterocycles. The first-order valence-corrected chi connectivity index (χ1v) is 11.3. The quantitative estimate of drug-likeness (QED) is 0.406. The van der Waals surface area contributed by atoms with Crippen LogP contribution in [0.4, 0.5) is 0 Å². The minimum absolute atomic E-state index is 0.000253. The van der Waals surface area contributed by atoms with Gasteiger partial charge in [0.05, 0.1) is 22.6 Å². The monoisotopic (exact) mass is 443 g/mol. The van der Waals surface area contributed by atoms with Crippen LogP contribution in [-0.2, 0) is 19.6 Å². The van der Waals surface area contributed by atoms with Gasteiger partial charge in [0, 0.05) is 13.0 Å². The number of benzene rings is 2. The van der Waals surface area contributed by atoms with Gasteiger partial charge in [-0.3, -0.25) is 4.79 Å². The maximum Gasteiger partial charge on any atom is 0.338 e. The maximum absolute atomic E-state index is 12.2. The van der Waals surface area contributed by atoms with E-state index in [9.17, 15) is 18.0 Å². The van der Waals surface area contributed by atoms with E-state index in [1.165, 1.54) is 24.3 Å². The Bertz CT molecular complexity index is 1020. The fourth-order valence-corrected chi connectivity index (χ4v) is 3.87. The van der Waals surface area contributed by atoms with E-state index in [4.69, 9.17) is 10.00 Å². The molecule has 0 saturated heterocycles. The molecular formula is C22H25N3O5S. The van der Waals surface area contributed by atoms with Crippen LogP contribution in [0.25, 0.3) is 0 Å². The van der Waals surface area contributed by atoms with E-state index >= 15 is 0 Å². The van der Waals surface area contributed by atoms with Crippen molar-refractivity contribution in [2.24, 2.45) is 0 Å². The molecular weight excluding hydrogens is 418 g/mol. The lowest BCUT2D eigenvalue weighted by Crippen LogP contribution is -2.32. The van der Waals surface area contributed by atoms with Crippen molar-refractivity contribution >= 4 is 21.9 Å². The molecule has 2 rings (SSSR count). The van der Waals surface area contributed by atoms with Gasteiger partial charge in [-0.25, -0.2) is 17.9 Å². The Balaban J connectivity index is 1.91. The summed E-state index contributed by atoms with van der Waals surface area (Å²) >= 11 is 0. The Morgan fingerprint density at radius 2 is 1.77 bits per heavy atom. The molecule has 1 unspecified atom stereocenters. The third-order valence-electron chi connectivity index (χ3n) is 4.38. The molecule has 164 valence electrons. The molecule has 0 saturated carbocycles.